The fourth-order valence-corrected chi connectivity index (χ4v) is 3.19. The third kappa shape index (κ3) is 5.00. The van der Waals surface area contributed by atoms with Crippen molar-refractivity contribution in [3.05, 3.63) is 35.4 Å². The molecule has 0 bridgehead atoms. The van der Waals surface area contributed by atoms with Gasteiger partial charge in [0.2, 0.25) is 10.0 Å². The first-order valence-electron chi connectivity index (χ1n) is 5.99. The van der Waals surface area contributed by atoms with Crippen LogP contribution in [0.1, 0.15) is 25.0 Å². The van der Waals surface area contributed by atoms with E-state index in [1.165, 1.54) is 0 Å². The third-order valence-electron chi connectivity index (χ3n) is 2.68. The smallest absolute Gasteiger partial charge is 0.321 e. The predicted molar refractivity (Wildman–Crippen MR) is 73.2 cm³/mol. The minimum Gasteiger partial charge on any atom is -0.480 e. The van der Waals surface area contributed by atoms with E-state index in [-0.39, 0.29) is 11.7 Å². The average Bonchev–Trinajstić information content (AvgIpc) is 2.24. The maximum absolute atomic E-state index is 12.0. The minimum atomic E-state index is -3.67. The van der Waals surface area contributed by atoms with Gasteiger partial charge in [-0.15, -0.1) is 0 Å². The van der Waals surface area contributed by atoms with Crippen molar-refractivity contribution in [2.75, 3.05) is 0 Å². The molecule has 0 saturated carbocycles. The number of nitrogens with one attached hydrogen (secondary N) is 1. The van der Waals surface area contributed by atoms with Gasteiger partial charge in [-0.3, -0.25) is 4.79 Å². The summed E-state index contributed by atoms with van der Waals surface area (Å²) in [5, 5.41) is 8.99. The molecule has 0 radical (unpaired) electrons. The lowest BCUT2D eigenvalue weighted by molar-refractivity contribution is -0.140. The maximum Gasteiger partial charge on any atom is 0.321 e. The number of aliphatic carboxylic acids is 1. The molecular formula is C13H19NO4S. The van der Waals surface area contributed by atoms with Crippen molar-refractivity contribution in [1.82, 2.24) is 4.72 Å². The summed E-state index contributed by atoms with van der Waals surface area (Å²) < 4.78 is 26.1. The van der Waals surface area contributed by atoms with E-state index in [1.54, 1.807) is 32.0 Å². The Balaban J connectivity index is 2.84. The Morgan fingerprint density at radius 1 is 1.37 bits per heavy atom. The summed E-state index contributed by atoms with van der Waals surface area (Å²) >= 11 is 0. The molecule has 5 nitrogen and oxygen atoms in total. The maximum atomic E-state index is 12.0. The molecule has 0 aliphatic carbocycles. The van der Waals surface area contributed by atoms with Crippen molar-refractivity contribution in [2.45, 2.75) is 32.6 Å². The van der Waals surface area contributed by atoms with E-state index < -0.39 is 22.0 Å². The first-order chi connectivity index (χ1) is 8.71. The molecule has 0 heterocycles. The monoisotopic (exact) mass is 285 g/mol. The van der Waals surface area contributed by atoms with E-state index >= 15 is 0 Å². The van der Waals surface area contributed by atoms with Gasteiger partial charge in [0.25, 0.3) is 0 Å². The van der Waals surface area contributed by atoms with Crippen molar-refractivity contribution in [3.8, 4) is 0 Å². The van der Waals surface area contributed by atoms with E-state index in [9.17, 15) is 13.2 Å². The topological polar surface area (TPSA) is 83.5 Å². The number of carboxylic acid groups (broad SMARTS) is 1. The fraction of sp³-hybridized carbons (Fsp3) is 0.462. The first kappa shape index (κ1) is 15.7. The molecule has 106 valence electrons. The molecule has 1 atom stereocenters. The van der Waals surface area contributed by atoms with Gasteiger partial charge in [0.1, 0.15) is 6.04 Å². The van der Waals surface area contributed by atoms with Crippen LogP contribution < -0.4 is 4.72 Å². The molecule has 0 unspecified atom stereocenters. The van der Waals surface area contributed by atoms with Crippen LogP contribution in [-0.2, 0) is 20.6 Å². The molecule has 1 rings (SSSR count). The number of hydrogen-bond donors (Lipinski definition) is 2. The van der Waals surface area contributed by atoms with Crippen LogP contribution in [0.25, 0.3) is 0 Å². The van der Waals surface area contributed by atoms with E-state index in [0.717, 1.165) is 5.56 Å². The molecule has 0 amide bonds. The van der Waals surface area contributed by atoms with Gasteiger partial charge in [-0.25, -0.2) is 13.1 Å². The van der Waals surface area contributed by atoms with Crippen LogP contribution in [0.4, 0.5) is 0 Å². The van der Waals surface area contributed by atoms with Crippen LogP contribution in [0.3, 0.4) is 0 Å². The summed E-state index contributed by atoms with van der Waals surface area (Å²) in [6.07, 6.45) is 0. The number of aryl methyl sites for hydroxylation is 1. The summed E-state index contributed by atoms with van der Waals surface area (Å²) in [5.74, 6) is -1.70. The molecule has 1 aromatic carbocycles. The Morgan fingerprint density at radius 2 is 2.00 bits per heavy atom. The van der Waals surface area contributed by atoms with Gasteiger partial charge < -0.3 is 5.11 Å². The van der Waals surface area contributed by atoms with Gasteiger partial charge in [-0.1, -0.05) is 43.7 Å². The van der Waals surface area contributed by atoms with E-state index in [4.69, 9.17) is 5.11 Å². The zero-order valence-electron chi connectivity index (χ0n) is 11.3. The number of benzene rings is 1. The molecular weight excluding hydrogens is 266 g/mol. The Hall–Kier alpha value is -1.40. The second-order valence-corrected chi connectivity index (χ2v) is 6.68. The normalized spacial score (nSPS) is 13.5. The van der Waals surface area contributed by atoms with Gasteiger partial charge in [-0.2, -0.15) is 0 Å². The molecule has 0 aliphatic heterocycles. The minimum absolute atomic E-state index is 0.217. The Bertz CT molecular complexity index is 552. The highest BCUT2D eigenvalue weighted by Gasteiger charge is 2.26. The van der Waals surface area contributed by atoms with Gasteiger partial charge in [0.15, 0.2) is 0 Å². The summed E-state index contributed by atoms with van der Waals surface area (Å²) in [5.41, 5.74) is 1.60. The van der Waals surface area contributed by atoms with Gasteiger partial charge in [0.05, 0.1) is 5.75 Å². The molecule has 0 aromatic heterocycles. The van der Waals surface area contributed by atoms with Crippen molar-refractivity contribution < 1.29 is 18.3 Å². The van der Waals surface area contributed by atoms with E-state index in [0.29, 0.717) is 5.56 Å². The van der Waals surface area contributed by atoms with Crippen LogP contribution in [0.15, 0.2) is 24.3 Å². The molecule has 0 fully saturated rings. The summed E-state index contributed by atoms with van der Waals surface area (Å²) in [6.45, 7) is 5.19. The summed E-state index contributed by atoms with van der Waals surface area (Å²) in [4.78, 5) is 11.0. The Morgan fingerprint density at radius 3 is 2.47 bits per heavy atom. The average molecular weight is 285 g/mol. The largest absolute Gasteiger partial charge is 0.480 e. The van der Waals surface area contributed by atoms with Crippen molar-refractivity contribution >= 4 is 16.0 Å². The fourth-order valence-electron chi connectivity index (χ4n) is 1.73. The Labute approximate surface area is 113 Å². The quantitative estimate of drug-likeness (QED) is 0.830. The highest BCUT2D eigenvalue weighted by Crippen LogP contribution is 2.10. The van der Waals surface area contributed by atoms with E-state index in [2.05, 4.69) is 4.72 Å². The molecule has 0 aliphatic rings. The van der Waals surface area contributed by atoms with Crippen LogP contribution in [0.2, 0.25) is 0 Å². The number of carbonyl (C=O) groups is 1. The second-order valence-electron chi connectivity index (χ2n) is 4.93. The predicted octanol–water partition coefficient (Wildman–Crippen LogP) is 1.52. The second kappa shape index (κ2) is 6.16. The highest BCUT2D eigenvalue weighted by atomic mass is 32.2. The van der Waals surface area contributed by atoms with E-state index in [1.807, 2.05) is 13.0 Å². The molecule has 19 heavy (non-hydrogen) atoms. The number of sulfonamides is 1. The first-order valence-corrected chi connectivity index (χ1v) is 7.65. The molecule has 2 N–H and O–H groups in total. The van der Waals surface area contributed by atoms with Crippen LogP contribution in [0, 0.1) is 12.8 Å². The number of rotatable bonds is 6. The van der Waals surface area contributed by atoms with Crippen molar-refractivity contribution in [1.29, 1.82) is 0 Å². The lowest BCUT2D eigenvalue weighted by atomic mass is 10.1. The third-order valence-corrected chi connectivity index (χ3v) is 4.00. The van der Waals surface area contributed by atoms with Gasteiger partial charge in [0, 0.05) is 0 Å². The molecule has 0 saturated heterocycles. The highest BCUT2D eigenvalue weighted by molar-refractivity contribution is 7.88. The van der Waals surface area contributed by atoms with Crippen LogP contribution in [0.5, 0.6) is 0 Å². The van der Waals surface area contributed by atoms with Crippen LogP contribution in [-0.4, -0.2) is 25.5 Å². The van der Waals surface area contributed by atoms with Crippen molar-refractivity contribution in [3.63, 3.8) is 0 Å². The van der Waals surface area contributed by atoms with Crippen molar-refractivity contribution in [2.24, 2.45) is 5.92 Å². The molecule has 0 spiro atoms. The molecule has 6 heteroatoms. The lowest BCUT2D eigenvalue weighted by Gasteiger charge is -2.18. The lowest BCUT2D eigenvalue weighted by Crippen LogP contribution is -2.44. The Kier molecular flexibility index (Phi) is 5.08. The zero-order chi connectivity index (χ0) is 14.6. The van der Waals surface area contributed by atoms with Crippen LogP contribution >= 0.6 is 0 Å². The number of carboxylic acids is 1. The standard InChI is InChI=1S/C13H19NO4S/c1-9(2)12(13(15)16)14-19(17,18)8-11-6-4-5-10(3)7-11/h4-7,9,12,14H,8H2,1-3H3,(H,15,16)/t12-/m0/s1. The van der Waals surface area contributed by atoms with Gasteiger partial charge >= 0.3 is 5.97 Å². The SMILES string of the molecule is Cc1cccc(CS(=O)(=O)N[C@H](C(=O)O)C(C)C)c1. The van der Waals surface area contributed by atoms with Gasteiger partial charge in [-0.05, 0) is 18.4 Å². The number of hydrogen-bond acceptors (Lipinski definition) is 3. The zero-order valence-corrected chi connectivity index (χ0v) is 12.1. The molecule has 1 aromatic rings. The summed E-state index contributed by atoms with van der Waals surface area (Å²) in [7, 11) is -3.67. The summed E-state index contributed by atoms with van der Waals surface area (Å²) in [6, 6.07) is 6.02.